The maximum absolute atomic E-state index is 3.65. The first-order valence-corrected chi connectivity index (χ1v) is 8.63. The lowest BCUT2D eigenvalue weighted by atomic mass is 9.76. The van der Waals surface area contributed by atoms with E-state index in [9.17, 15) is 0 Å². The van der Waals surface area contributed by atoms with Gasteiger partial charge in [-0.3, -0.25) is 4.90 Å². The Labute approximate surface area is 120 Å². The zero-order valence-corrected chi connectivity index (χ0v) is 13.4. The van der Waals surface area contributed by atoms with E-state index in [4.69, 9.17) is 0 Å². The molecule has 2 rings (SSSR count). The molecule has 2 aliphatic rings. The van der Waals surface area contributed by atoms with Crippen molar-refractivity contribution in [3.63, 3.8) is 0 Å². The lowest BCUT2D eigenvalue weighted by molar-refractivity contribution is 0.0711. The molecule has 1 saturated carbocycles. The van der Waals surface area contributed by atoms with E-state index in [-0.39, 0.29) is 0 Å². The number of nitrogens with zero attached hydrogens (tertiary/aromatic N) is 1. The summed E-state index contributed by atoms with van der Waals surface area (Å²) in [4.78, 5) is 2.78. The van der Waals surface area contributed by atoms with Gasteiger partial charge in [-0.2, -0.15) is 0 Å². The second kappa shape index (κ2) is 7.08. The minimum absolute atomic E-state index is 0.616. The molecule has 0 aromatic carbocycles. The number of hydrogen-bond acceptors (Lipinski definition) is 2. The van der Waals surface area contributed by atoms with Crippen LogP contribution in [0.25, 0.3) is 0 Å². The van der Waals surface area contributed by atoms with Crippen LogP contribution in [0.5, 0.6) is 0 Å². The van der Waals surface area contributed by atoms with Gasteiger partial charge in [0.05, 0.1) is 0 Å². The largest absolute Gasteiger partial charge is 0.313 e. The van der Waals surface area contributed by atoms with Crippen LogP contribution in [0.1, 0.15) is 72.1 Å². The molecule has 0 bridgehead atoms. The van der Waals surface area contributed by atoms with Crippen molar-refractivity contribution in [1.29, 1.82) is 0 Å². The molecular weight excluding hydrogens is 232 g/mol. The summed E-state index contributed by atoms with van der Waals surface area (Å²) in [6.07, 6.45) is 11.6. The highest BCUT2D eigenvalue weighted by Crippen LogP contribution is 2.46. The molecule has 112 valence electrons. The average molecular weight is 266 g/mol. The molecule has 1 aliphatic carbocycles. The lowest BCUT2D eigenvalue weighted by Gasteiger charge is -2.43. The van der Waals surface area contributed by atoms with E-state index in [2.05, 4.69) is 31.0 Å². The molecule has 2 heteroatoms. The van der Waals surface area contributed by atoms with Crippen LogP contribution < -0.4 is 5.32 Å². The summed E-state index contributed by atoms with van der Waals surface area (Å²) in [6, 6.07) is 1.39. The van der Waals surface area contributed by atoms with Crippen LogP contribution in [-0.2, 0) is 0 Å². The second-order valence-corrected chi connectivity index (χ2v) is 7.25. The zero-order valence-electron chi connectivity index (χ0n) is 13.4. The summed E-state index contributed by atoms with van der Waals surface area (Å²) in [5.74, 6) is 0. The molecule has 0 aromatic heterocycles. The van der Waals surface area contributed by atoms with Crippen molar-refractivity contribution in [2.75, 3.05) is 19.6 Å². The molecule has 1 spiro atoms. The summed E-state index contributed by atoms with van der Waals surface area (Å²) in [7, 11) is 0. The molecule has 2 nitrogen and oxygen atoms in total. The third-order valence-corrected chi connectivity index (χ3v) is 5.42. The van der Waals surface area contributed by atoms with Crippen molar-refractivity contribution in [3.05, 3.63) is 0 Å². The maximum atomic E-state index is 3.65. The minimum Gasteiger partial charge on any atom is -0.313 e. The molecule has 2 fully saturated rings. The van der Waals surface area contributed by atoms with Crippen molar-refractivity contribution >= 4 is 0 Å². The van der Waals surface area contributed by atoms with Gasteiger partial charge in [0.2, 0.25) is 0 Å². The molecule has 1 aliphatic heterocycles. The van der Waals surface area contributed by atoms with Crippen LogP contribution in [0.3, 0.4) is 0 Å². The van der Waals surface area contributed by atoms with Crippen molar-refractivity contribution in [3.8, 4) is 0 Å². The van der Waals surface area contributed by atoms with Gasteiger partial charge >= 0.3 is 0 Å². The van der Waals surface area contributed by atoms with Crippen molar-refractivity contribution < 1.29 is 0 Å². The standard InChI is InChI=1S/C17H34N2/c1-4-7-16(14-18-15(2)3)19-12-10-17(11-13-19)8-5-6-9-17/h15-16,18H,4-14H2,1-3H3. The van der Waals surface area contributed by atoms with Crippen LogP contribution in [0.15, 0.2) is 0 Å². The fourth-order valence-electron chi connectivity index (χ4n) is 4.11. The Kier molecular flexibility index (Phi) is 5.70. The third-order valence-electron chi connectivity index (χ3n) is 5.42. The molecule has 0 aromatic rings. The Hall–Kier alpha value is -0.0800. The van der Waals surface area contributed by atoms with E-state index in [1.54, 1.807) is 0 Å². The topological polar surface area (TPSA) is 15.3 Å². The molecule has 19 heavy (non-hydrogen) atoms. The second-order valence-electron chi connectivity index (χ2n) is 7.25. The average Bonchev–Trinajstić information content (AvgIpc) is 2.84. The molecular formula is C17H34N2. The summed E-state index contributed by atoms with van der Waals surface area (Å²) < 4.78 is 0. The van der Waals surface area contributed by atoms with Gasteiger partial charge < -0.3 is 5.32 Å². The van der Waals surface area contributed by atoms with E-state index in [1.807, 2.05) is 0 Å². The van der Waals surface area contributed by atoms with Gasteiger partial charge in [0.1, 0.15) is 0 Å². The van der Waals surface area contributed by atoms with E-state index >= 15 is 0 Å². The van der Waals surface area contributed by atoms with Crippen molar-refractivity contribution in [2.24, 2.45) is 5.41 Å². The van der Waals surface area contributed by atoms with Gasteiger partial charge in [-0.25, -0.2) is 0 Å². The molecule has 0 amide bonds. The van der Waals surface area contributed by atoms with Crippen LogP contribution in [-0.4, -0.2) is 36.6 Å². The highest BCUT2D eigenvalue weighted by atomic mass is 15.2. The zero-order chi connectivity index (χ0) is 13.7. The number of piperidine rings is 1. The monoisotopic (exact) mass is 266 g/mol. The maximum Gasteiger partial charge on any atom is 0.0220 e. The predicted octanol–water partition coefficient (Wildman–Crippen LogP) is 3.81. The minimum atomic E-state index is 0.616. The number of likely N-dealkylation sites (tertiary alicyclic amines) is 1. The molecule has 1 atom stereocenters. The number of nitrogens with one attached hydrogen (secondary N) is 1. The summed E-state index contributed by atoms with van der Waals surface area (Å²) >= 11 is 0. The Morgan fingerprint density at radius 2 is 1.68 bits per heavy atom. The summed E-state index contributed by atoms with van der Waals surface area (Å²) in [6.45, 7) is 10.7. The van der Waals surface area contributed by atoms with E-state index in [1.165, 1.54) is 71.0 Å². The molecule has 1 saturated heterocycles. The molecule has 1 unspecified atom stereocenters. The highest BCUT2D eigenvalue weighted by Gasteiger charge is 2.38. The Morgan fingerprint density at radius 3 is 2.21 bits per heavy atom. The smallest absolute Gasteiger partial charge is 0.0220 e. The first-order chi connectivity index (χ1) is 9.15. The third kappa shape index (κ3) is 4.19. The van der Waals surface area contributed by atoms with Gasteiger partial charge in [-0.1, -0.05) is 40.0 Å². The molecule has 0 radical (unpaired) electrons. The fourth-order valence-corrected chi connectivity index (χ4v) is 4.11. The number of rotatable bonds is 6. The van der Waals surface area contributed by atoms with Crippen LogP contribution in [0.4, 0.5) is 0 Å². The van der Waals surface area contributed by atoms with E-state index < -0.39 is 0 Å². The Morgan fingerprint density at radius 1 is 1.05 bits per heavy atom. The van der Waals surface area contributed by atoms with Gasteiger partial charge in [-0.05, 0) is 50.6 Å². The summed E-state index contributed by atoms with van der Waals surface area (Å²) in [5.41, 5.74) is 0.763. The first-order valence-electron chi connectivity index (χ1n) is 8.63. The fraction of sp³-hybridized carbons (Fsp3) is 1.00. The van der Waals surface area contributed by atoms with Gasteiger partial charge in [0.15, 0.2) is 0 Å². The summed E-state index contributed by atoms with van der Waals surface area (Å²) in [5, 5.41) is 3.65. The number of hydrogen-bond donors (Lipinski definition) is 1. The first kappa shape index (κ1) is 15.3. The normalized spacial score (nSPS) is 25.3. The highest BCUT2D eigenvalue weighted by molar-refractivity contribution is 4.91. The van der Waals surface area contributed by atoms with Crippen LogP contribution in [0.2, 0.25) is 0 Å². The van der Waals surface area contributed by atoms with E-state index in [0.29, 0.717) is 6.04 Å². The van der Waals surface area contributed by atoms with Crippen LogP contribution in [0, 0.1) is 5.41 Å². The van der Waals surface area contributed by atoms with Crippen molar-refractivity contribution in [2.45, 2.75) is 84.2 Å². The SMILES string of the molecule is CCCC(CNC(C)C)N1CCC2(CCCC2)CC1. The quantitative estimate of drug-likeness (QED) is 0.786. The Balaban J connectivity index is 1.82. The van der Waals surface area contributed by atoms with Gasteiger partial charge in [0, 0.05) is 18.6 Å². The lowest BCUT2D eigenvalue weighted by Crippen LogP contribution is -2.49. The Bertz CT molecular complexity index is 246. The molecule has 1 heterocycles. The molecule has 1 N–H and O–H groups in total. The van der Waals surface area contributed by atoms with Crippen LogP contribution >= 0.6 is 0 Å². The van der Waals surface area contributed by atoms with Gasteiger partial charge in [0.25, 0.3) is 0 Å². The predicted molar refractivity (Wildman–Crippen MR) is 83.5 cm³/mol. The van der Waals surface area contributed by atoms with E-state index in [0.717, 1.165) is 11.5 Å². The van der Waals surface area contributed by atoms with Gasteiger partial charge in [-0.15, -0.1) is 0 Å². The van der Waals surface area contributed by atoms with Crippen molar-refractivity contribution in [1.82, 2.24) is 10.2 Å².